The van der Waals surface area contributed by atoms with E-state index in [1.165, 1.54) is 4.88 Å². The second kappa shape index (κ2) is 7.63. The van der Waals surface area contributed by atoms with Crippen molar-refractivity contribution in [2.45, 2.75) is 38.8 Å². The summed E-state index contributed by atoms with van der Waals surface area (Å²) in [6.45, 7) is 3.82. The quantitative estimate of drug-likeness (QED) is 0.589. The van der Waals surface area contributed by atoms with Crippen molar-refractivity contribution in [3.05, 3.63) is 21.9 Å². The van der Waals surface area contributed by atoms with Crippen LogP contribution in [-0.2, 0) is 16.0 Å². The van der Waals surface area contributed by atoms with Gasteiger partial charge in [0.05, 0.1) is 6.42 Å². The summed E-state index contributed by atoms with van der Waals surface area (Å²) in [7, 11) is 0. The van der Waals surface area contributed by atoms with Crippen molar-refractivity contribution >= 4 is 29.2 Å². The Bertz CT molecular complexity index is 529. The Morgan fingerprint density at radius 2 is 2.00 bits per heavy atom. The van der Waals surface area contributed by atoms with Gasteiger partial charge in [0.1, 0.15) is 6.04 Å². The van der Waals surface area contributed by atoms with Gasteiger partial charge in [-0.15, -0.1) is 11.3 Å². The lowest BCUT2D eigenvalue weighted by Gasteiger charge is -2.17. The maximum atomic E-state index is 11.7. The molecule has 0 aliphatic heterocycles. The molecule has 116 valence electrons. The van der Waals surface area contributed by atoms with Gasteiger partial charge in [0.25, 0.3) is 0 Å². The molecule has 0 saturated carbocycles. The molecular formula is C13H19N3O4S. The molecule has 3 amide bonds. The van der Waals surface area contributed by atoms with Gasteiger partial charge in [-0.1, -0.05) is 0 Å². The molecule has 0 aliphatic rings. The van der Waals surface area contributed by atoms with Gasteiger partial charge in [-0.3, -0.25) is 4.79 Å². The number of carboxylic acids is 1. The minimum atomic E-state index is -1.32. The van der Waals surface area contributed by atoms with Gasteiger partial charge in [-0.05, 0) is 26.0 Å². The van der Waals surface area contributed by atoms with Gasteiger partial charge >= 0.3 is 12.0 Å². The number of nitrogens with one attached hydrogen (secondary N) is 2. The van der Waals surface area contributed by atoms with Crippen molar-refractivity contribution in [3.8, 4) is 0 Å². The Kier molecular flexibility index (Phi) is 6.16. The molecule has 21 heavy (non-hydrogen) atoms. The number of primary amides is 1. The lowest BCUT2D eigenvalue weighted by molar-refractivity contribution is -0.140. The van der Waals surface area contributed by atoms with Crippen LogP contribution in [0.3, 0.4) is 0 Å². The first-order valence-electron chi connectivity index (χ1n) is 6.41. The van der Waals surface area contributed by atoms with E-state index in [-0.39, 0.29) is 6.04 Å². The molecule has 1 heterocycles. The number of amides is 3. The fourth-order valence-corrected chi connectivity index (χ4v) is 2.79. The normalized spacial score (nSPS) is 13.2. The van der Waals surface area contributed by atoms with E-state index >= 15 is 0 Å². The molecule has 2 atom stereocenters. The maximum absolute atomic E-state index is 11.7. The topological polar surface area (TPSA) is 122 Å². The predicted octanol–water partition coefficient (Wildman–Crippen LogP) is 0.615. The number of aryl methyl sites for hydroxylation is 1. The fourth-order valence-electron chi connectivity index (χ4n) is 1.77. The van der Waals surface area contributed by atoms with Gasteiger partial charge < -0.3 is 21.5 Å². The van der Waals surface area contributed by atoms with Gasteiger partial charge in [-0.25, -0.2) is 9.59 Å². The first kappa shape index (κ1) is 17.0. The number of rotatable bonds is 7. The first-order valence-corrected chi connectivity index (χ1v) is 7.23. The van der Waals surface area contributed by atoms with Gasteiger partial charge in [0, 0.05) is 22.2 Å². The molecule has 7 nitrogen and oxygen atoms in total. The molecule has 1 aromatic rings. The Morgan fingerprint density at radius 3 is 2.48 bits per heavy atom. The van der Waals surface area contributed by atoms with Crippen LogP contribution in [0.4, 0.5) is 4.79 Å². The average Bonchev–Trinajstić information content (AvgIpc) is 2.72. The van der Waals surface area contributed by atoms with Crippen molar-refractivity contribution < 1.29 is 19.5 Å². The van der Waals surface area contributed by atoms with Crippen LogP contribution < -0.4 is 16.4 Å². The zero-order chi connectivity index (χ0) is 16.0. The van der Waals surface area contributed by atoms with Gasteiger partial charge in [0.2, 0.25) is 5.91 Å². The summed E-state index contributed by atoms with van der Waals surface area (Å²) in [4.78, 5) is 35.7. The number of carbonyl (C=O) groups is 3. The fraction of sp³-hybridized carbons (Fsp3) is 0.462. The molecule has 0 radical (unpaired) electrons. The number of urea groups is 1. The summed E-state index contributed by atoms with van der Waals surface area (Å²) in [5, 5.41) is 13.8. The summed E-state index contributed by atoms with van der Waals surface area (Å²) in [5.74, 6) is -2.09. The molecule has 8 heteroatoms. The number of thiophene rings is 1. The van der Waals surface area contributed by atoms with E-state index in [0.717, 1.165) is 4.88 Å². The van der Waals surface area contributed by atoms with E-state index in [4.69, 9.17) is 10.8 Å². The first-order chi connectivity index (χ1) is 9.77. The standard InChI is InChI=1S/C13H19N3O4S/c1-7(5-9-4-3-8(2)21-9)15-13(20)16-10(12(18)19)6-11(14)17/h3-4,7,10H,5-6H2,1-2H3,(H2,14,17)(H,18,19)(H2,15,16,20)/t7?,10-/m0/s1. The van der Waals surface area contributed by atoms with E-state index in [1.54, 1.807) is 11.3 Å². The Balaban J connectivity index is 2.47. The maximum Gasteiger partial charge on any atom is 0.326 e. The van der Waals surface area contributed by atoms with Crippen LogP contribution in [0, 0.1) is 6.92 Å². The molecule has 1 unspecified atom stereocenters. The number of nitrogens with two attached hydrogens (primary N) is 1. The third-order valence-electron chi connectivity index (χ3n) is 2.69. The molecule has 5 N–H and O–H groups in total. The van der Waals surface area contributed by atoms with Crippen LogP contribution >= 0.6 is 11.3 Å². The van der Waals surface area contributed by atoms with Crippen molar-refractivity contribution in [2.24, 2.45) is 5.73 Å². The largest absolute Gasteiger partial charge is 0.480 e. The highest BCUT2D eigenvalue weighted by atomic mass is 32.1. The number of hydrogen-bond donors (Lipinski definition) is 4. The second-order valence-corrected chi connectivity index (χ2v) is 6.17. The highest BCUT2D eigenvalue weighted by Crippen LogP contribution is 2.16. The van der Waals surface area contributed by atoms with Gasteiger partial charge in [0.15, 0.2) is 0 Å². The van der Waals surface area contributed by atoms with E-state index in [0.29, 0.717) is 6.42 Å². The lowest BCUT2D eigenvalue weighted by Crippen LogP contribution is -2.50. The smallest absolute Gasteiger partial charge is 0.326 e. The highest BCUT2D eigenvalue weighted by molar-refractivity contribution is 7.11. The minimum absolute atomic E-state index is 0.161. The van der Waals surface area contributed by atoms with Crippen molar-refractivity contribution in [1.82, 2.24) is 10.6 Å². The minimum Gasteiger partial charge on any atom is -0.480 e. The molecule has 0 bridgehead atoms. The van der Waals surface area contributed by atoms with E-state index in [2.05, 4.69) is 10.6 Å². The van der Waals surface area contributed by atoms with Crippen molar-refractivity contribution in [3.63, 3.8) is 0 Å². The second-order valence-electron chi connectivity index (χ2n) is 4.80. The third-order valence-corrected chi connectivity index (χ3v) is 3.71. The highest BCUT2D eigenvalue weighted by Gasteiger charge is 2.22. The van der Waals surface area contributed by atoms with Crippen LogP contribution in [0.15, 0.2) is 12.1 Å². The molecule has 1 rings (SSSR count). The number of hydrogen-bond acceptors (Lipinski definition) is 4. The van der Waals surface area contributed by atoms with Crippen molar-refractivity contribution in [1.29, 1.82) is 0 Å². The molecule has 0 saturated heterocycles. The van der Waals surface area contributed by atoms with E-state index < -0.39 is 30.4 Å². The van der Waals surface area contributed by atoms with Crippen LogP contribution in [-0.4, -0.2) is 35.1 Å². The molecular weight excluding hydrogens is 294 g/mol. The van der Waals surface area contributed by atoms with Gasteiger partial charge in [-0.2, -0.15) is 0 Å². The van der Waals surface area contributed by atoms with Crippen molar-refractivity contribution in [2.75, 3.05) is 0 Å². The zero-order valence-electron chi connectivity index (χ0n) is 11.9. The number of aliphatic carboxylic acids is 1. The van der Waals surface area contributed by atoms with Crippen LogP contribution in [0.2, 0.25) is 0 Å². The van der Waals surface area contributed by atoms with E-state index in [1.807, 2.05) is 26.0 Å². The Labute approximate surface area is 126 Å². The SMILES string of the molecule is Cc1ccc(CC(C)NC(=O)N[C@@H](CC(N)=O)C(=O)O)s1. The lowest BCUT2D eigenvalue weighted by atomic mass is 10.2. The monoisotopic (exact) mass is 313 g/mol. The summed E-state index contributed by atoms with van der Waals surface area (Å²) in [6.07, 6.45) is 0.209. The summed E-state index contributed by atoms with van der Waals surface area (Å²) >= 11 is 1.64. The van der Waals surface area contributed by atoms with E-state index in [9.17, 15) is 14.4 Å². The third kappa shape index (κ3) is 6.26. The summed E-state index contributed by atoms with van der Waals surface area (Å²) in [6, 6.07) is 1.87. The number of carbonyl (C=O) groups excluding carboxylic acids is 2. The van der Waals surface area contributed by atoms with Crippen LogP contribution in [0.25, 0.3) is 0 Å². The average molecular weight is 313 g/mol. The van der Waals surface area contributed by atoms with Crippen LogP contribution in [0.1, 0.15) is 23.1 Å². The molecule has 0 spiro atoms. The Hall–Kier alpha value is -2.09. The molecule has 0 aromatic carbocycles. The molecule has 0 fully saturated rings. The zero-order valence-corrected chi connectivity index (χ0v) is 12.7. The van der Waals surface area contributed by atoms with Crippen LogP contribution in [0.5, 0.6) is 0 Å². The predicted molar refractivity (Wildman–Crippen MR) is 79.1 cm³/mol. The molecule has 1 aromatic heterocycles. The summed E-state index contributed by atoms with van der Waals surface area (Å²) in [5.41, 5.74) is 4.94. The Morgan fingerprint density at radius 1 is 1.33 bits per heavy atom. The summed E-state index contributed by atoms with van der Waals surface area (Å²) < 4.78 is 0. The molecule has 0 aliphatic carbocycles. The number of carboxylic acid groups (broad SMARTS) is 1.